The molecule has 0 radical (unpaired) electrons. The third kappa shape index (κ3) is 6.53. The molecule has 6 rings (SSSR count). The predicted molar refractivity (Wildman–Crippen MR) is 163 cm³/mol. The molecule has 2 aromatic rings. The average Bonchev–Trinajstić information content (AvgIpc) is 3.49. The van der Waals surface area contributed by atoms with Gasteiger partial charge in [0.25, 0.3) is 0 Å². The van der Waals surface area contributed by atoms with Crippen LogP contribution < -0.4 is 10.1 Å². The number of alkyl halides is 3. The summed E-state index contributed by atoms with van der Waals surface area (Å²) >= 11 is 6.36. The number of rotatable bonds is 7. The van der Waals surface area contributed by atoms with Crippen molar-refractivity contribution in [2.75, 3.05) is 59.5 Å². The Morgan fingerprint density at radius 2 is 1.77 bits per heavy atom. The molecule has 0 saturated carbocycles. The molecule has 3 fully saturated rings. The minimum absolute atomic E-state index is 0.0176. The second-order valence-electron chi connectivity index (χ2n) is 12.1. The van der Waals surface area contributed by atoms with Crippen molar-refractivity contribution in [3.8, 4) is 5.75 Å². The summed E-state index contributed by atoms with van der Waals surface area (Å²) in [6.45, 7) is 1.11. The molecule has 3 atom stereocenters. The van der Waals surface area contributed by atoms with Gasteiger partial charge in [-0.05, 0) is 36.4 Å². The van der Waals surface area contributed by atoms with Gasteiger partial charge in [-0.15, -0.1) is 0 Å². The summed E-state index contributed by atoms with van der Waals surface area (Å²) in [4.78, 5) is 46.4. The van der Waals surface area contributed by atoms with Crippen LogP contribution >= 0.6 is 11.6 Å². The van der Waals surface area contributed by atoms with Crippen LogP contribution in [0.4, 0.5) is 13.2 Å². The van der Waals surface area contributed by atoms with E-state index in [-0.39, 0.29) is 29.6 Å². The topological polar surface area (TPSA) is 123 Å². The summed E-state index contributed by atoms with van der Waals surface area (Å²) in [5.74, 6) is -2.89. The Balaban J connectivity index is 1.41. The van der Waals surface area contributed by atoms with Gasteiger partial charge in [-0.1, -0.05) is 35.9 Å². The minimum atomic E-state index is -5.24. The Bertz CT molecular complexity index is 1670. The molecule has 1 N–H and O–H groups in total. The van der Waals surface area contributed by atoms with Crippen LogP contribution in [0.1, 0.15) is 11.1 Å². The Morgan fingerprint density at radius 1 is 1.04 bits per heavy atom. The number of carbonyl (C=O) groups excluding carboxylic acids is 3. The van der Waals surface area contributed by atoms with Crippen molar-refractivity contribution < 1.29 is 40.7 Å². The molecule has 3 amide bonds. The van der Waals surface area contributed by atoms with Crippen LogP contribution in [0.5, 0.6) is 5.75 Å². The van der Waals surface area contributed by atoms with Crippen molar-refractivity contribution in [3.63, 3.8) is 0 Å². The summed E-state index contributed by atoms with van der Waals surface area (Å²) in [5, 5.41) is 1.71. The second kappa shape index (κ2) is 12.9. The number of benzene rings is 2. The zero-order chi connectivity index (χ0) is 33.7. The van der Waals surface area contributed by atoms with E-state index < -0.39 is 58.7 Å². The van der Waals surface area contributed by atoms with Gasteiger partial charge in [0.1, 0.15) is 28.9 Å². The molecule has 47 heavy (non-hydrogen) atoms. The Labute approximate surface area is 275 Å². The van der Waals surface area contributed by atoms with E-state index in [9.17, 15) is 36.0 Å². The molecular formula is C30H34ClF3N6O6S. The maximum absolute atomic E-state index is 14.4. The number of carbonyl (C=O) groups is 3. The SMILES string of the molecule is CN1CCN([C@@H]2CN(S(=O)(=O)c3ccccc3Cl)C3CN(Cc4ccc5c(c4)CCO5)C(=O)[C@H](CNC(=O)C(F)(F)F)N3C2=O)CC1. The molecule has 17 heteroatoms. The third-order valence-electron chi connectivity index (χ3n) is 9.10. The summed E-state index contributed by atoms with van der Waals surface area (Å²) in [5.41, 5.74) is 1.61. The fraction of sp³-hybridized carbons (Fsp3) is 0.500. The third-order valence-corrected chi connectivity index (χ3v) is 11.5. The monoisotopic (exact) mass is 698 g/mol. The molecule has 0 aliphatic carbocycles. The van der Waals surface area contributed by atoms with Crippen molar-refractivity contribution in [3.05, 3.63) is 58.6 Å². The first kappa shape index (κ1) is 33.5. The maximum Gasteiger partial charge on any atom is 0.471 e. The molecule has 4 aliphatic rings. The lowest BCUT2D eigenvalue weighted by Gasteiger charge is -2.55. The van der Waals surface area contributed by atoms with Gasteiger partial charge in [0.15, 0.2) is 0 Å². The number of hydrogen-bond acceptors (Lipinski definition) is 8. The molecule has 4 aliphatic heterocycles. The number of ether oxygens (including phenoxy) is 1. The standard InChI is InChI=1S/C30H34ClF3N6O6S/c1-36-9-11-37(12-10-36)23-17-39(47(44,45)25-5-3-2-4-21(25)31)26-18-38(16-19-6-7-24-20(14-19)8-13-46-24)27(41)22(40(26)28(23)42)15-35-29(43)30(32,33)34/h2-7,14,22-23,26H,8-13,15-18H2,1H3,(H,35,43)/t22-,23+,26?/m0/s1. The van der Waals surface area contributed by atoms with Gasteiger partial charge in [-0.3, -0.25) is 19.3 Å². The molecule has 12 nitrogen and oxygen atoms in total. The molecule has 0 bridgehead atoms. The zero-order valence-electron chi connectivity index (χ0n) is 25.5. The Morgan fingerprint density at radius 3 is 2.47 bits per heavy atom. The molecule has 1 unspecified atom stereocenters. The molecule has 254 valence electrons. The summed E-state index contributed by atoms with van der Waals surface area (Å²) in [6, 6.07) is 8.55. The second-order valence-corrected chi connectivity index (χ2v) is 14.3. The molecule has 0 spiro atoms. The van der Waals surface area contributed by atoms with Crippen molar-refractivity contribution in [2.45, 2.75) is 42.3 Å². The first-order chi connectivity index (χ1) is 22.3. The zero-order valence-corrected chi connectivity index (χ0v) is 27.0. The van der Waals surface area contributed by atoms with Crippen molar-refractivity contribution in [1.82, 2.24) is 29.2 Å². The van der Waals surface area contributed by atoms with Gasteiger partial charge in [0.05, 0.1) is 18.2 Å². The first-order valence-corrected chi connectivity index (χ1v) is 17.0. The molecular weight excluding hydrogens is 665 g/mol. The summed E-state index contributed by atoms with van der Waals surface area (Å²) in [7, 11) is -2.51. The van der Waals surface area contributed by atoms with E-state index in [2.05, 4.69) is 0 Å². The van der Waals surface area contributed by atoms with Crippen LogP contribution in [0, 0.1) is 0 Å². The van der Waals surface area contributed by atoms with Crippen LogP contribution in [0.2, 0.25) is 5.02 Å². The van der Waals surface area contributed by atoms with Crippen molar-refractivity contribution in [2.24, 2.45) is 0 Å². The van der Waals surface area contributed by atoms with E-state index in [1.807, 2.05) is 22.9 Å². The number of nitrogens with one attached hydrogen (secondary N) is 1. The smallest absolute Gasteiger partial charge is 0.471 e. The van der Waals surface area contributed by atoms with Gasteiger partial charge < -0.3 is 24.8 Å². The lowest BCUT2D eigenvalue weighted by atomic mass is 10.0. The number of fused-ring (bicyclic) bond motifs is 2. The van der Waals surface area contributed by atoms with E-state index in [0.717, 1.165) is 14.8 Å². The number of halogens is 4. The average molecular weight is 699 g/mol. The van der Waals surface area contributed by atoms with E-state index in [1.54, 1.807) is 23.5 Å². The van der Waals surface area contributed by atoms with E-state index >= 15 is 0 Å². The van der Waals surface area contributed by atoms with E-state index in [1.165, 1.54) is 23.1 Å². The number of likely N-dealkylation sites (N-methyl/N-ethyl adjacent to an activating group) is 1. The Hall–Kier alpha value is -3.44. The number of sulfonamides is 1. The number of hydrogen-bond donors (Lipinski definition) is 1. The molecule has 4 heterocycles. The Kier molecular flexibility index (Phi) is 9.17. The fourth-order valence-electron chi connectivity index (χ4n) is 6.61. The first-order valence-electron chi connectivity index (χ1n) is 15.2. The van der Waals surface area contributed by atoms with Gasteiger partial charge >= 0.3 is 12.1 Å². The molecule has 3 saturated heterocycles. The van der Waals surface area contributed by atoms with Crippen LogP contribution in [-0.2, 0) is 37.4 Å². The van der Waals surface area contributed by atoms with Crippen LogP contribution in [0.25, 0.3) is 0 Å². The van der Waals surface area contributed by atoms with Gasteiger partial charge in [-0.2, -0.15) is 17.5 Å². The minimum Gasteiger partial charge on any atom is -0.493 e. The quantitative estimate of drug-likeness (QED) is 0.457. The predicted octanol–water partition coefficient (Wildman–Crippen LogP) is 1.14. The van der Waals surface area contributed by atoms with Crippen molar-refractivity contribution >= 4 is 39.3 Å². The number of nitrogens with zero attached hydrogens (tertiary/aromatic N) is 5. The maximum atomic E-state index is 14.4. The van der Waals surface area contributed by atoms with E-state index in [4.69, 9.17) is 16.3 Å². The summed E-state index contributed by atoms with van der Waals surface area (Å²) < 4.78 is 75.2. The molecule has 2 aromatic carbocycles. The van der Waals surface area contributed by atoms with Crippen LogP contribution in [-0.4, -0.2) is 134 Å². The van der Waals surface area contributed by atoms with Crippen LogP contribution in [0.3, 0.4) is 0 Å². The largest absolute Gasteiger partial charge is 0.493 e. The highest BCUT2D eigenvalue weighted by Crippen LogP contribution is 2.35. The van der Waals surface area contributed by atoms with Gasteiger partial charge in [-0.25, -0.2) is 8.42 Å². The highest BCUT2D eigenvalue weighted by atomic mass is 35.5. The van der Waals surface area contributed by atoms with Gasteiger partial charge in [0.2, 0.25) is 21.8 Å². The molecule has 0 aromatic heterocycles. The number of piperazine rings is 2. The number of amides is 3. The normalized spacial score (nSPS) is 24.6. The summed E-state index contributed by atoms with van der Waals surface area (Å²) in [6.07, 6.45) is -5.88. The lowest BCUT2D eigenvalue weighted by molar-refractivity contribution is -0.177. The lowest BCUT2D eigenvalue weighted by Crippen LogP contribution is -2.77. The highest BCUT2D eigenvalue weighted by molar-refractivity contribution is 7.89. The van der Waals surface area contributed by atoms with Gasteiger partial charge in [0, 0.05) is 52.2 Å². The van der Waals surface area contributed by atoms with Crippen molar-refractivity contribution in [1.29, 1.82) is 0 Å². The van der Waals surface area contributed by atoms with E-state index in [0.29, 0.717) is 50.5 Å². The highest BCUT2D eigenvalue weighted by Gasteiger charge is 2.55. The van der Waals surface area contributed by atoms with Crippen LogP contribution in [0.15, 0.2) is 47.4 Å². The fourth-order valence-corrected chi connectivity index (χ4v) is 8.68.